The molecule has 1 fully saturated rings. The number of hydrogen-bond donors (Lipinski definition) is 3. The third kappa shape index (κ3) is 5.34. The number of hydrogen-bond acceptors (Lipinski definition) is 7. The molecule has 6 rings (SSSR count). The van der Waals surface area contributed by atoms with Gasteiger partial charge in [0.15, 0.2) is 11.3 Å². The van der Waals surface area contributed by atoms with Gasteiger partial charge in [-0.2, -0.15) is 13.2 Å². The van der Waals surface area contributed by atoms with Gasteiger partial charge in [0.05, 0.1) is 23.4 Å². The molecule has 4 aromatic rings. The highest BCUT2D eigenvalue weighted by atomic mass is 35.5. The van der Waals surface area contributed by atoms with Crippen LogP contribution in [0.25, 0.3) is 22.2 Å². The number of nitrogens with zero attached hydrogens (tertiary/aromatic N) is 2. The molecule has 13 heteroatoms. The molecule has 2 aromatic heterocycles. The number of fused-ring (bicyclic) bond motifs is 2. The van der Waals surface area contributed by atoms with E-state index in [1.165, 1.54) is 19.1 Å². The monoisotopic (exact) mass is 616 g/mol. The van der Waals surface area contributed by atoms with Crippen molar-refractivity contribution >= 4 is 28.4 Å². The summed E-state index contributed by atoms with van der Waals surface area (Å²) >= 11 is 5.94. The smallest absolute Gasteiger partial charge is 0.414 e. The third-order valence-corrected chi connectivity index (χ3v) is 7.78. The summed E-state index contributed by atoms with van der Waals surface area (Å²) in [6.45, 7) is -0.0770. The third-order valence-electron chi connectivity index (χ3n) is 7.49. The van der Waals surface area contributed by atoms with Crippen molar-refractivity contribution < 1.29 is 36.9 Å². The molecule has 8 nitrogen and oxygen atoms in total. The number of aromatic nitrogens is 2. The van der Waals surface area contributed by atoms with E-state index >= 15 is 0 Å². The maximum Gasteiger partial charge on any atom is 0.414 e. The van der Waals surface area contributed by atoms with E-state index in [-0.39, 0.29) is 39.4 Å². The van der Waals surface area contributed by atoms with E-state index in [9.17, 15) is 27.5 Å². The topological polar surface area (TPSA) is 120 Å². The molecule has 4 N–H and O–H groups in total. The fourth-order valence-corrected chi connectivity index (χ4v) is 4.99. The lowest BCUT2D eigenvalue weighted by atomic mass is 9.88. The van der Waals surface area contributed by atoms with E-state index in [1.54, 1.807) is 30.5 Å². The highest BCUT2D eigenvalue weighted by Crippen LogP contribution is 2.49. The molecule has 224 valence electrons. The Balaban J connectivity index is 1.34. The molecular weight excluding hydrogens is 592 g/mol. The van der Waals surface area contributed by atoms with Crippen molar-refractivity contribution in [2.24, 2.45) is 5.73 Å². The Bertz CT molecular complexity index is 1760. The lowest BCUT2D eigenvalue weighted by Crippen LogP contribution is -2.52. The first kappa shape index (κ1) is 29.1. The summed E-state index contributed by atoms with van der Waals surface area (Å²) in [6, 6.07) is 11.2. The molecule has 43 heavy (non-hydrogen) atoms. The Hall–Kier alpha value is -4.00. The van der Waals surface area contributed by atoms with Crippen LogP contribution in [0.2, 0.25) is 5.02 Å². The number of ether oxygens (including phenoxy) is 2. The summed E-state index contributed by atoms with van der Waals surface area (Å²) in [7, 11) is 0. The summed E-state index contributed by atoms with van der Waals surface area (Å²) < 4.78 is 67.6. The molecular formula is C30H25ClF4N4O4. The summed E-state index contributed by atoms with van der Waals surface area (Å²) in [6.07, 6.45) is -1.44. The second kappa shape index (κ2) is 10.3. The molecule has 0 bridgehead atoms. The van der Waals surface area contributed by atoms with Crippen LogP contribution in [-0.4, -0.2) is 46.4 Å². The van der Waals surface area contributed by atoms with E-state index in [2.05, 4.69) is 15.3 Å². The first-order valence-electron chi connectivity index (χ1n) is 13.3. The number of aliphatic hydroxyl groups is 1. The molecule has 2 atom stereocenters. The Kier molecular flexibility index (Phi) is 6.98. The van der Waals surface area contributed by atoms with E-state index in [1.807, 2.05) is 0 Å². The summed E-state index contributed by atoms with van der Waals surface area (Å²) in [5.74, 6) is -1.12. The molecule has 0 saturated heterocycles. The fraction of sp³-hybridized carbons (Fsp3) is 0.300. The first-order chi connectivity index (χ1) is 20.3. The highest BCUT2D eigenvalue weighted by Gasteiger charge is 2.59. The van der Waals surface area contributed by atoms with Gasteiger partial charge in [0, 0.05) is 28.3 Å². The van der Waals surface area contributed by atoms with Crippen LogP contribution in [0.15, 0.2) is 54.7 Å². The number of amides is 1. The molecule has 0 radical (unpaired) electrons. The normalized spacial score (nSPS) is 19.4. The second-order valence-corrected chi connectivity index (χ2v) is 11.3. The number of carbonyl (C=O) groups is 1. The van der Waals surface area contributed by atoms with Crippen LogP contribution >= 0.6 is 11.6 Å². The van der Waals surface area contributed by atoms with Crippen molar-refractivity contribution in [3.05, 3.63) is 82.4 Å². The minimum Gasteiger partial charge on any atom is -0.488 e. The highest BCUT2D eigenvalue weighted by molar-refractivity contribution is 6.31. The van der Waals surface area contributed by atoms with Crippen LogP contribution < -0.4 is 20.5 Å². The number of nitrogens with one attached hydrogen (secondary N) is 1. The first-order valence-corrected chi connectivity index (χ1v) is 13.7. The van der Waals surface area contributed by atoms with Gasteiger partial charge in [-0.3, -0.25) is 9.78 Å². The maximum absolute atomic E-state index is 14.1. The van der Waals surface area contributed by atoms with Crippen LogP contribution in [0.4, 0.5) is 17.6 Å². The van der Waals surface area contributed by atoms with E-state index in [0.717, 1.165) is 25.0 Å². The number of benzene rings is 2. The SMILES string of the molecule is CC(O)(CNC(=O)c1cc(OC2CC2)c2ncccc2c1)c1cc2c(c(-c3ccc(F)c(Cl)c3)n1)OC[C@@]2(N)C(F)(F)F. The van der Waals surface area contributed by atoms with Crippen LogP contribution in [0.1, 0.15) is 41.4 Å². The molecule has 1 aliphatic heterocycles. The van der Waals surface area contributed by atoms with Gasteiger partial charge in [-0.15, -0.1) is 0 Å². The van der Waals surface area contributed by atoms with Gasteiger partial charge >= 0.3 is 6.18 Å². The van der Waals surface area contributed by atoms with Crippen molar-refractivity contribution in [2.45, 2.75) is 43.2 Å². The van der Waals surface area contributed by atoms with Gasteiger partial charge in [-0.25, -0.2) is 9.37 Å². The number of rotatable bonds is 7. The number of carbonyl (C=O) groups excluding carboxylic acids is 1. The van der Waals surface area contributed by atoms with Gasteiger partial charge in [0.25, 0.3) is 5.91 Å². The largest absolute Gasteiger partial charge is 0.488 e. The molecule has 1 aliphatic carbocycles. The minimum atomic E-state index is -4.92. The summed E-state index contributed by atoms with van der Waals surface area (Å²) in [4.78, 5) is 22.0. The average Bonchev–Trinajstić information content (AvgIpc) is 3.72. The maximum atomic E-state index is 14.1. The molecule has 0 spiro atoms. The van der Waals surface area contributed by atoms with Gasteiger partial charge in [0.2, 0.25) is 0 Å². The Labute approximate surface area is 247 Å². The lowest BCUT2D eigenvalue weighted by Gasteiger charge is -2.28. The van der Waals surface area contributed by atoms with Crippen LogP contribution in [0.5, 0.6) is 11.5 Å². The predicted molar refractivity (Wildman–Crippen MR) is 149 cm³/mol. The van der Waals surface area contributed by atoms with Crippen molar-refractivity contribution in [3.63, 3.8) is 0 Å². The standard InChI is InChI=1S/C30H25ClF4N4O4/c1-28(41,13-38-27(40)17-9-15-3-2-8-37-24(15)22(11-17)43-18-5-6-18)23-12-19-26(42-14-29(19,36)30(33,34)35)25(39-23)16-4-7-21(32)20(31)10-16/h2-4,7-12,18,41H,5-6,13-14,36H2,1H3,(H,38,40)/t28?,29-/m0/s1. The zero-order valence-electron chi connectivity index (χ0n) is 22.6. The number of nitrogens with two attached hydrogens (primary N) is 1. The molecule has 2 aliphatic rings. The molecule has 1 amide bonds. The number of alkyl halides is 3. The quantitative estimate of drug-likeness (QED) is 0.239. The summed E-state index contributed by atoms with van der Waals surface area (Å²) in [5.41, 5.74) is 1.10. The van der Waals surface area contributed by atoms with E-state index in [4.69, 9.17) is 26.8 Å². The Morgan fingerprint density at radius 2 is 2.00 bits per heavy atom. The zero-order chi connectivity index (χ0) is 30.7. The van der Waals surface area contributed by atoms with Gasteiger partial charge in [0.1, 0.15) is 35.0 Å². The van der Waals surface area contributed by atoms with Gasteiger partial charge in [-0.05, 0) is 62.2 Å². The Morgan fingerprint density at radius 1 is 1.23 bits per heavy atom. The minimum absolute atomic E-state index is 0.0515. The van der Waals surface area contributed by atoms with Crippen molar-refractivity contribution in [2.75, 3.05) is 13.2 Å². The van der Waals surface area contributed by atoms with Crippen LogP contribution in [0, 0.1) is 5.82 Å². The van der Waals surface area contributed by atoms with Crippen molar-refractivity contribution in [1.82, 2.24) is 15.3 Å². The molecule has 3 heterocycles. The van der Waals surface area contributed by atoms with Gasteiger partial charge < -0.3 is 25.6 Å². The number of pyridine rings is 2. The van der Waals surface area contributed by atoms with E-state index in [0.29, 0.717) is 16.7 Å². The average molecular weight is 617 g/mol. The van der Waals surface area contributed by atoms with Crippen LogP contribution in [-0.2, 0) is 11.1 Å². The molecule has 1 saturated carbocycles. The van der Waals surface area contributed by atoms with E-state index < -0.39 is 47.8 Å². The second-order valence-electron chi connectivity index (χ2n) is 10.9. The van der Waals surface area contributed by atoms with Gasteiger partial charge in [-0.1, -0.05) is 17.7 Å². The molecule has 2 aromatic carbocycles. The fourth-order valence-electron chi connectivity index (χ4n) is 4.81. The Morgan fingerprint density at radius 3 is 2.70 bits per heavy atom. The van der Waals surface area contributed by atoms with Crippen molar-refractivity contribution in [1.29, 1.82) is 0 Å². The van der Waals surface area contributed by atoms with Crippen molar-refractivity contribution in [3.8, 4) is 22.8 Å². The molecule has 1 unspecified atom stereocenters. The zero-order valence-corrected chi connectivity index (χ0v) is 23.4. The lowest BCUT2D eigenvalue weighted by molar-refractivity contribution is -0.191. The predicted octanol–water partition coefficient (Wildman–Crippen LogP) is 5.38. The summed E-state index contributed by atoms with van der Waals surface area (Å²) in [5, 5.41) is 14.5. The number of halogens is 5. The van der Waals surface area contributed by atoms with Crippen LogP contribution in [0.3, 0.4) is 0 Å².